The number of aldehydes is 1. The van der Waals surface area contributed by atoms with Gasteiger partial charge in [0.05, 0.1) is 6.04 Å². The Balaban J connectivity index is 1.95. The van der Waals surface area contributed by atoms with Crippen molar-refractivity contribution in [1.82, 2.24) is 0 Å². The molecule has 1 heterocycles. The number of aliphatic hydroxyl groups is 1. The van der Waals surface area contributed by atoms with E-state index in [-0.39, 0.29) is 18.6 Å². The maximum Gasteiger partial charge on any atom is 0.254 e. The molecule has 0 saturated heterocycles. The number of hydrogen-bond donors (Lipinski definition) is 1. The number of carbonyl (C=O) groups is 2. The Bertz CT molecular complexity index is 589. The molecule has 1 saturated carbocycles. The van der Waals surface area contributed by atoms with Crippen molar-refractivity contribution in [2.24, 2.45) is 0 Å². The maximum atomic E-state index is 12.7. The SMILES string of the molecule is O=Cc1ccc(N2C(=O)C(CCO)=C3CCCCC32)cc1. The first-order valence-corrected chi connectivity index (χ1v) is 7.48. The molecule has 0 spiro atoms. The van der Waals surface area contributed by atoms with Crippen LogP contribution in [0.5, 0.6) is 0 Å². The van der Waals surface area contributed by atoms with E-state index in [9.17, 15) is 14.7 Å². The molecule has 21 heavy (non-hydrogen) atoms. The van der Waals surface area contributed by atoms with E-state index in [2.05, 4.69) is 0 Å². The van der Waals surface area contributed by atoms with E-state index in [1.807, 2.05) is 17.0 Å². The molecule has 2 aliphatic rings. The number of benzene rings is 1. The summed E-state index contributed by atoms with van der Waals surface area (Å²) in [6, 6.07) is 7.27. The van der Waals surface area contributed by atoms with Crippen molar-refractivity contribution in [3.63, 3.8) is 0 Å². The average Bonchev–Trinajstić information content (AvgIpc) is 2.81. The van der Waals surface area contributed by atoms with Crippen LogP contribution in [0.1, 0.15) is 42.5 Å². The lowest BCUT2D eigenvalue weighted by Gasteiger charge is -2.30. The van der Waals surface area contributed by atoms with Gasteiger partial charge in [-0.15, -0.1) is 0 Å². The van der Waals surface area contributed by atoms with E-state index in [0.29, 0.717) is 12.0 Å². The Morgan fingerprint density at radius 2 is 2.00 bits per heavy atom. The molecule has 1 N–H and O–H groups in total. The molecule has 0 aromatic heterocycles. The van der Waals surface area contributed by atoms with Gasteiger partial charge in [0.2, 0.25) is 0 Å². The number of aliphatic hydroxyl groups excluding tert-OH is 1. The molecule has 1 unspecified atom stereocenters. The van der Waals surface area contributed by atoms with Crippen LogP contribution < -0.4 is 4.90 Å². The van der Waals surface area contributed by atoms with Crippen molar-refractivity contribution in [1.29, 1.82) is 0 Å². The number of carbonyl (C=O) groups excluding carboxylic acids is 2. The monoisotopic (exact) mass is 285 g/mol. The summed E-state index contributed by atoms with van der Waals surface area (Å²) in [6.45, 7) is 0.00914. The molecule has 3 rings (SSSR count). The first-order valence-electron chi connectivity index (χ1n) is 7.48. The molecule has 1 atom stereocenters. The molecular formula is C17H19NO3. The van der Waals surface area contributed by atoms with Gasteiger partial charge in [-0.25, -0.2) is 0 Å². The summed E-state index contributed by atoms with van der Waals surface area (Å²) >= 11 is 0. The Labute approximate surface area is 124 Å². The van der Waals surface area contributed by atoms with Crippen molar-refractivity contribution in [3.05, 3.63) is 41.0 Å². The van der Waals surface area contributed by atoms with Crippen molar-refractivity contribution in [2.75, 3.05) is 11.5 Å². The molecule has 1 aromatic rings. The smallest absolute Gasteiger partial charge is 0.254 e. The van der Waals surface area contributed by atoms with Gasteiger partial charge in [-0.05, 0) is 49.1 Å². The van der Waals surface area contributed by atoms with Gasteiger partial charge >= 0.3 is 0 Å². The van der Waals surface area contributed by atoms with Gasteiger partial charge < -0.3 is 10.0 Å². The van der Waals surface area contributed by atoms with Crippen LogP contribution in [0, 0.1) is 0 Å². The third-order valence-corrected chi connectivity index (χ3v) is 4.42. The van der Waals surface area contributed by atoms with Crippen molar-refractivity contribution in [3.8, 4) is 0 Å². The molecule has 1 amide bonds. The number of anilines is 1. The van der Waals surface area contributed by atoms with Crippen LogP contribution in [0.15, 0.2) is 35.4 Å². The normalized spacial score (nSPS) is 21.7. The largest absolute Gasteiger partial charge is 0.396 e. The number of amides is 1. The summed E-state index contributed by atoms with van der Waals surface area (Å²) in [4.78, 5) is 25.3. The van der Waals surface area contributed by atoms with E-state index in [0.717, 1.165) is 43.2 Å². The van der Waals surface area contributed by atoms with Gasteiger partial charge in [0.25, 0.3) is 5.91 Å². The van der Waals surface area contributed by atoms with Crippen LogP contribution in [0.3, 0.4) is 0 Å². The molecule has 1 aromatic carbocycles. The fourth-order valence-corrected chi connectivity index (χ4v) is 3.45. The number of rotatable bonds is 4. The highest BCUT2D eigenvalue weighted by molar-refractivity contribution is 6.10. The maximum absolute atomic E-state index is 12.7. The lowest BCUT2D eigenvalue weighted by Crippen LogP contribution is -2.36. The van der Waals surface area contributed by atoms with Gasteiger partial charge in [-0.3, -0.25) is 9.59 Å². The molecule has 0 radical (unpaired) electrons. The molecule has 0 bridgehead atoms. The molecular weight excluding hydrogens is 266 g/mol. The molecule has 1 fully saturated rings. The second kappa shape index (κ2) is 5.82. The van der Waals surface area contributed by atoms with Gasteiger partial charge in [-0.1, -0.05) is 6.42 Å². The topological polar surface area (TPSA) is 57.6 Å². The predicted molar refractivity (Wildman–Crippen MR) is 80.3 cm³/mol. The quantitative estimate of drug-likeness (QED) is 0.865. The molecule has 1 aliphatic heterocycles. The van der Waals surface area contributed by atoms with E-state index < -0.39 is 0 Å². The van der Waals surface area contributed by atoms with Crippen LogP contribution in [-0.4, -0.2) is 29.9 Å². The zero-order valence-electron chi connectivity index (χ0n) is 11.9. The Morgan fingerprint density at radius 1 is 1.24 bits per heavy atom. The molecule has 4 nitrogen and oxygen atoms in total. The minimum absolute atomic E-state index is 0.00914. The Kier molecular flexibility index (Phi) is 3.88. The zero-order valence-corrected chi connectivity index (χ0v) is 11.9. The zero-order chi connectivity index (χ0) is 14.8. The summed E-state index contributed by atoms with van der Waals surface area (Å²) in [5.74, 6) is 0.0183. The lowest BCUT2D eigenvalue weighted by atomic mass is 9.88. The van der Waals surface area contributed by atoms with Crippen LogP contribution in [0.2, 0.25) is 0 Å². The number of fused-ring (bicyclic) bond motifs is 1. The van der Waals surface area contributed by atoms with Crippen molar-refractivity contribution >= 4 is 17.9 Å². The fraction of sp³-hybridized carbons (Fsp3) is 0.412. The lowest BCUT2D eigenvalue weighted by molar-refractivity contribution is -0.115. The number of nitrogens with zero attached hydrogens (tertiary/aromatic N) is 1. The van der Waals surface area contributed by atoms with E-state index in [1.165, 1.54) is 5.57 Å². The van der Waals surface area contributed by atoms with Crippen molar-refractivity contribution < 1.29 is 14.7 Å². The van der Waals surface area contributed by atoms with Crippen LogP contribution in [0.25, 0.3) is 0 Å². The minimum atomic E-state index is 0.00914. The van der Waals surface area contributed by atoms with E-state index >= 15 is 0 Å². The Hall–Kier alpha value is -1.94. The summed E-state index contributed by atoms with van der Waals surface area (Å²) in [5.41, 5.74) is 3.45. The van der Waals surface area contributed by atoms with Crippen LogP contribution >= 0.6 is 0 Å². The molecule has 110 valence electrons. The molecule has 1 aliphatic carbocycles. The first-order chi connectivity index (χ1) is 10.3. The Morgan fingerprint density at radius 3 is 2.67 bits per heavy atom. The number of hydrogen-bond acceptors (Lipinski definition) is 3. The van der Waals surface area contributed by atoms with Gasteiger partial charge in [-0.2, -0.15) is 0 Å². The second-order valence-electron chi connectivity index (χ2n) is 5.62. The average molecular weight is 285 g/mol. The minimum Gasteiger partial charge on any atom is -0.396 e. The van der Waals surface area contributed by atoms with Crippen LogP contribution in [0.4, 0.5) is 5.69 Å². The second-order valence-corrected chi connectivity index (χ2v) is 5.62. The highest BCUT2D eigenvalue weighted by Gasteiger charge is 2.40. The summed E-state index contributed by atoms with van der Waals surface area (Å²) in [7, 11) is 0. The highest BCUT2D eigenvalue weighted by atomic mass is 16.3. The van der Waals surface area contributed by atoms with Gasteiger partial charge in [0.15, 0.2) is 0 Å². The van der Waals surface area contributed by atoms with E-state index in [1.54, 1.807) is 12.1 Å². The van der Waals surface area contributed by atoms with Crippen LogP contribution in [-0.2, 0) is 4.79 Å². The van der Waals surface area contributed by atoms with Crippen molar-refractivity contribution in [2.45, 2.75) is 38.1 Å². The third kappa shape index (κ3) is 2.40. The van der Waals surface area contributed by atoms with Gasteiger partial charge in [0.1, 0.15) is 6.29 Å². The fourth-order valence-electron chi connectivity index (χ4n) is 3.45. The summed E-state index contributed by atoms with van der Waals surface area (Å²) < 4.78 is 0. The first kappa shape index (κ1) is 14.0. The van der Waals surface area contributed by atoms with Gasteiger partial charge in [0, 0.05) is 29.9 Å². The predicted octanol–water partition coefficient (Wildman–Crippen LogP) is 2.47. The standard InChI is InChI=1S/C17H19NO3/c19-10-9-15-14-3-1-2-4-16(14)18(17(15)21)13-7-5-12(11-20)6-8-13/h5-8,11,16,19H,1-4,9-10H2. The summed E-state index contributed by atoms with van der Waals surface area (Å²) in [6.07, 6.45) is 5.41. The third-order valence-electron chi connectivity index (χ3n) is 4.42. The summed E-state index contributed by atoms with van der Waals surface area (Å²) in [5, 5.41) is 9.22. The van der Waals surface area contributed by atoms with E-state index in [4.69, 9.17) is 0 Å². The highest BCUT2D eigenvalue weighted by Crippen LogP contribution is 2.40. The molecule has 4 heteroatoms.